The molecule has 0 saturated heterocycles. The van der Waals surface area contributed by atoms with Crippen molar-refractivity contribution in [3.63, 3.8) is 0 Å². The first-order chi connectivity index (χ1) is 9.15. The predicted molar refractivity (Wildman–Crippen MR) is 79.0 cm³/mol. The number of hydrogen-bond acceptors (Lipinski definition) is 5. The summed E-state index contributed by atoms with van der Waals surface area (Å²) in [6.45, 7) is 3.07. The van der Waals surface area contributed by atoms with Gasteiger partial charge in [-0.1, -0.05) is 6.92 Å². The van der Waals surface area contributed by atoms with E-state index in [0.29, 0.717) is 0 Å². The van der Waals surface area contributed by atoms with Crippen LogP contribution in [0, 0.1) is 0 Å². The van der Waals surface area contributed by atoms with Crippen LogP contribution >= 0.6 is 22.9 Å². The molecule has 0 unspecified atom stereocenters. The number of likely N-dealkylation sites (N-methyl/N-ethyl adjacent to an activating group) is 1. The zero-order chi connectivity index (χ0) is 13.8. The number of anilines is 1. The highest BCUT2D eigenvalue weighted by Gasteiger charge is 2.16. The highest BCUT2D eigenvalue weighted by atomic mass is 35.5. The number of aromatic nitrogens is 2. The van der Waals surface area contributed by atoms with Gasteiger partial charge in [0.05, 0.1) is 11.9 Å². The van der Waals surface area contributed by atoms with E-state index < -0.39 is 0 Å². The molecule has 1 N–H and O–H groups in total. The van der Waals surface area contributed by atoms with E-state index in [1.807, 2.05) is 16.3 Å². The Morgan fingerprint density at radius 3 is 3.00 bits per heavy atom. The van der Waals surface area contributed by atoms with Crippen molar-refractivity contribution in [3.8, 4) is 0 Å². The van der Waals surface area contributed by atoms with Gasteiger partial charge in [-0.25, -0.2) is 4.98 Å². The van der Waals surface area contributed by atoms with E-state index >= 15 is 0 Å². The number of nitrogens with zero attached hydrogens (tertiary/aromatic N) is 3. The molecule has 0 atom stereocenters. The smallest absolute Gasteiger partial charge is 0.239 e. The van der Waals surface area contributed by atoms with Crippen molar-refractivity contribution in [1.29, 1.82) is 0 Å². The normalized spacial score (nSPS) is 10.7. The van der Waals surface area contributed by atoms with Gasteiger partial charge in [0.2, 0.25) is 11.2 Å². The van der Waals surface area contributed by atoms with E-state index in [0.717, 1.165) is 29.0 Å². The van der Waals surface area contributed by atoms with Gasteiger partial charge in [0, 0.05) is 13.6 Å². The summed E-state index contributed by atoms with van der Waals surface area (Å²) >= 11 is 7.47. The van der Waals surface area contributed by atoms with Crippen molar-refractivity contribution in [2.45, 2.75) is 13.3 Å². The fraction of sp³-hybridized carbons (Fsp3) is 0.417. The molecular weight excluding hydrogens is 284 g/mol. The van der Waals surface area contributed by atoms with Gasteiger partial charge >= 0.3 is 0 Å². The van der Waals surface area contributed by atoms with Gasteiger partial charge in [-0.15, -0.1) is 11.3 Å². The van der Waals surface area contributed by atoms with Crippen molar-refractivity contribution < 1.29 is 4.79 Å². The molecule has 0 aliphatic rings. The number of nitrogens with one attached hydrogen (secondary N) is 1. The third kappa shape index (κ3) is 3.13. The third-order valence-electron chi connectivity index (χ3n) is 2.68. The predicted octanol–water partition coefficient (Wildman–Crippen LogP) is 2.31. The SMILES string of the molecule is CCCN(CC(=O)NC)c1nc(Cl)nc2sccc12. The van der Waals surface area contributed by atoms with Crippen molar-refractivity contribution in [3.05, 3.63) is 16.7 Å². The highest BCUT2D eigenvalue weighted by Crippen LogP contribution is 2.29. The number of hydrogen-bond donors (Lipinski definition) is 1. The highest BCUT2D eigenvalue weighted by molar-refractivity contribution is 7.16. The van der Waals surface area contributed by atoms with Crippen LogP contribution in [0.25, 0.3) is 10.2 Å². The lowest BCUT2D eigenvalue weighted by molar-refractivity contribution is -0.119. The van der Waals surface area contributed by atoms with Gasteiger partial charge in [0.15, 0.2) is 0 Å². The second kappa shape index (κ2) is 6.16. The minimum absolute atomic E-state index is 0.0495. The Hall–Kier alpha value is -1.40. The lowest BCUT2D eigenvalue weighted by Crippen LogP contribution is -2.36. The molecule has 0 fully saturated rings. The van der Waals surface area contributed by atoms with E-state index in [-0.39, 0.29) is 17.7 Å². The Bertz CT molecular complexity index is 586. The van der Waals surface area contributed by atoms with Crippen molar-refractivity contribution in [1.82, 2.24) is 15.3 Å². The van der Waals surface area contributed by atoms with Gasteiger partial charge < -0.3 is 10.2 Å². The summed E-state index contributed by atoms with van der Waals surface area (Å²) in [5.74, 6) is 0.674. The largest absolute Gasteiger partial charge is 0.358 e. The van der Waals surface area contributed by atoms with E-state index in [1.165, 1.54) is 11.3 Å². The van der Waals surface area contributed by atoms with Crippen LogP contribution in [0.2, 0.25) is 5.28 Å². The molecule has 102 valence electrons. The van der Waals surface area contributed by atoms with Crippen LogP contribution in [-0.4, -0.2) is 36.0 Å². The maximum atomic E-state index is 11.6. The molecule has 0 radical (unpaired) electrons. The van der Waals surface area contributed by atoms with Gasteiger partial charge in [-0.2, -0.15) is 4.98 Å². The molecule has 2 heterocycles. The molecule has 0 spiro atoms. The monoisotopic (exact) mass is 298 g/mol. The lowest BCUT2D eigenvalue weighted by Gasteiger charge is -2.22. The first-order valence-corrected chi connectivity index (χ1v) is 7.27. The standard InChI is InChI=1S/C12H15ClN4OS/c1-3-5-17(7-9(18)14-2)10-8-4-6-19-11(8)16-12(13)15-10/h4,6H,3,5,7H2,1-2H3,(H,14,18). The Kier molecular flexibility index (Phi) is 4.55. The second-order valence-electron chi connectivity index (χ2n) is 4.05. The van der Waals surface area contributed by atoms with Crippen LogP contribution in [0.4, 0.5) is 5.82 Å². The number of rotatable bonds is 5. The summed E-state index contributed by atoms with van der Waals surface area (Å²) in [7, 11) is 1.62. The summed E-state index contributed by atoms with van der Waals surface area (Å²) in [5, 5.41) is 5.72. The van der Waals surface area contributed by atoms with Crippen LogP contribution in [0.5, 0.6) is 0 Å². The zero-order valence-corrected chi connectivity index (χ0v) is 12.4. The first kappa shape index (κ1) is 14.0. The Morgan fingerprint density at radius 1 is 1.53 bits per heavy atom. The van der Waals surface area contributed by atoms with Gasteiger partial charge in [-0.3, -0.25) is 4.79 Å². The number of fused-ring (bicyclic) bond motifs is 1. The Balaban J connectivity index is 2.42. The summed E-state index contributed by atoms with van der Waals surface area (Å²) in [6.07, 6.45) is 0.921. The van der Waals surface area contributed by atoms with Crippen molar-refractivity contribution in [2.24, 2.45) is 0 Å². The molecule has 0 aromatic carbocycles. The Labute approximate surface area is 120 Å². The van der Waals surface area contributed by atoms with Gasteiger partial charge in [-0.05, 0) is 29.5 Å². The third-order valence-corrected chi connectivity index (χ3v) is 3.66. The van der Waals surface area contributed by atoms with Crippen LogP contribution in [0.1, 0.15) is 13.3 Å². The average molecular weight is 299 g/mol. The molecular formula is C12H15ClN4OS. The number of halogens is 1. The molecule has 0 aliphatic carbocycles. The van der Waals surface area contributed by atoms with E-state index in [4.69, 9.17) is 11.6 Å². The van der Waals surface area contributed by atoms with Gasteiger partial charge in [0.25, 0.3) is 0 Å². The molecule has 2 rings (SSSR count). The van der Waals surface area contributed by atoms with Crippen molar-refractivity contribution in [2.75, 3.05) is 25.0 Å². The quantitative estimate of drug-likeness (QED) is 0.861. The van der Waals surface area contributed by atoms with Crippen LogP contribution < -0.4 is 10.2 Å². The molecule has 7 heteroatoms. The summed E-state index contributed by atoms with van der Waals surface area (Å²) in [5.41, 5.74) is 0. The van der Waals surface area contributed by atoms with E-state index in [2.05, 4.69) is 22.2 Å². The molecule has 0 aliphatic heterocycles. The first-order valence-electron chi connectivity index (χ1n) is 6.02. The molecule has 2 aromatic rings. The fourth-order valence-electron chi connectivity index (χ4n) is 1.84. The van der Waals surface area contributed by atoms with Gasteiger partial charge in [0.1, 0.15) is 10.6 Å². The summed E-state index contributed by atoms with van der Waals surface area (Å²) in [4.78, 5) is 22.8. The second-order valence-corrected chi connectivity index (χ2v) is 5.28. The fourth-order valence-corrected chi connectivity index (χ4v) is 2.81. The summed E-state index contributed by atoms with van der Waals surface area (Å²) < 4.78 is 0. The van der Waals surface area contributed by atoms with E-state index in [1.54, 1.807) is 7.05 Å². The maximum absolute atomic E-state index is 11.6. The number of amides is 1. The minimum atomic E-state index is -0.0495. The minimum Gasteiger partial charge on any atom is -0.358 e. The Morgan fingerprint density at radius 2 is 2.32 bits per heavy atom. The zero-order valence-electron chi connectivity index (χ0n) is 10.8. The van der Waals surface area contributed by atoms with Crippen LogP contribution in [0.15, 0.2) is 11.4 Å². The molecule has 0 saturated carbocycles. The van der Waals surface area contributed by atoms with E-state index in [9.17, 15) is 4.79 Å². The topological polar surface area (TPSA) is 58.1 Å². The maximum Gasteiger partial charge on any atom is 0.239 e. The number of carbonyl (C=O) groups is 1. The van der Waals surface area contributed by atoms with Crippen LogP contribution in [-0.2, 0) is 4.79 Å². The molecule has 1 amide bonds. The molecule has 0 bridgehead atoms. The van der Waals surface area contributed by atoms with Crippen LogP contribution in [0.3, 0.4) is 0 Å². The number of thiophene rings is 1. The molecule has 19 heavy (non-hydrogen) atoms. The van der Waals surface area contributed by atoms with Crippen molar-refractivity contribution >= 4 is 44.9 Å². The molecule has 5 nitrogen and oxygen atoms in total. The summed E-state index contributed by atoms with van der Waals surface area (Å²) in [6, 6.07) is 1.96. The average Bonchev–Trinajstić information content (AvgIpc) is 2.85. The number of carbonyl (C=O) groups excluding carboxylic acids is 1. The lowest BCUT2D eigenvalue weighted by atomic mass is 10.3. The molecule has 2 aromatic heterocycles.